The van der Waals surface area contributed by atoms with Crippen LogP contribution in [0.1, 0.15) is 67.2 Å². The highest BCUT2D eigenvalue weighted by atomic mass is 16.6. The zero-order chi connectivity index (χ0) is 21.8. The van der Waals surface area contributed by atoms with E-state index in [0.717, 1.165) is 12.8 Å². The first-order valence-electron chi connectivity index (χ1n) is 10.7. The maximum absolute atomic E-state index is 12.6. The second kappa shape index (κ2) is 9.77. The Morgan fingerprint density at radius 2 is 2.03 bits per heavy atom. The van der Waals surface area contributed by atoms with Gasteiger partial charge < -0.3 is 24.1 Å². The van der Waals surface area contributed by atoms with Crippen molar-refractivity contribution in [1.82, 2.24) is 4.90 Å². The van der Waals surface area contributed by atoms with Gasteiger partial charge in [0.2, 0.25) is 0 Å². The second-order valence-electron chi connectivity index (χ2n) is 9.43. The standard InChI is InChI=1S/C22H39NO6/c1-8-10-12-26-19-17(27-16(11-9-2)18(19)24)13-15-14-23(22(6,7)28-15)20(25)29-21(3,4)5/h9,15-19,24H,2,8,10-14H2,1,3-7H3/t15-,16-,17+,18-,19-/m0/s1. The molecule has 0 bridgehead atoms. The Labute approximate surface area is 175 Å². The lowest BCUT2D eigenvalue weighted by atomic mass is 10.0. The number of amides is 1. The Morgan fingerprint density at radius 1 is 1.34 bits per heavy atom. The lowest BCUT2D eigenvalue weighted by Gasteiger charge is -2.31. The van der Waals surface area contributed by atoms with Gasteiger partial charge in [0.05, 0.1) is 24.9 Å². The highest BCUT2D eigenvalue weighted by Crippen LogP contribution is 2.35. The lowest BCUT2D eigenvalue weighted by molar-refractivity contribution is -0.0973. The Morgan fingerprint density at radius 3 is 2.62 bits per heavy atom. The molecule has 2 aliphatic rings. The Bertz CT molecular complexity index is 558. The topological polar surface area (TPSA) is 77.5 Å². The minimum absolute atomic E-state index is 0.227. The maximum atomic E-state index is 12.6. The second-order valence-corrected chi connectivity index (χ2v) is 9.43. The molecule has 0 aromatic heterocycles. The van der Waals surface area contributed by atoms with Crippen LogP contribution >= 0.6 is 0 Å². The molecule has 2 aliphatic heterocycles. The van der Waals surface area contributed by atoms with Crippen molar-refractivity contribution in [2.45, 2.75) is 109 Å². The van der Waals surface area contributed by atoms with Crippen LogP contribution in [0.4, 0.5) is 4.79 Å². The van der Waals surface area contributed by atoms with Gasteiger partial charge in [-0.15, -0.1) is 6.58 Å². The van der Waals surface area contributed by atoms with Crippen LogP contribution < -0.4 is 0 Å². The summed E-state index contributed by atoms with van der Waals surface area (Å²) in [6.45, 7) is 16.1. The zero-order valence-electron chi connectivity index (χ0n) is 18.8. The first-order chi connectivity index (χ1) is 13.5. The summed E-state index contributed by atoms with van der Waals surface area (Å²) in [6, 6.07) is 0. The van der Waals surface area contributed by atoms with Gasteiger partial charge in [-0.05, 0) is 47.5 Å². The van der Waals surface area contributed by atoms with E-state index < -0.39 is 29.6 Å². The molecule has 0 aromatic rings. The van der Waals surface area contributed by atoms with Gasteiger partial charge in [-0.3, -0.25) is 4.90 Å². The van der Waals surface area contributed by atoms with Gasteiger partial charge in [-0.1, -0.05) is 19.4 Å². The third kappa shape index (κ3) is 6.41. The van der Waals surface area contributed by atoms with E-state index in [1.165, 1.54) is 0 Å². The predicted octanol–water partition coefficient (Wildman–Crippen LogP) is 3.64. The van der Waals surface area contributed by atoms with Crippen LogP contribution in [0.5, 0.6) is 0 Å². The number of hydrogen-bond donors (Lipinski definition) is 1. The summed E-state index contributed by atoms with van der Waals surface area (Å²) in [5.74, 6) is 0. The number of rotatable bonds is 8. The molecule has 168 valence electrons. The van der Waals surface area contributed by atoms with Gasteiger partial charge in [0, 0.05) is 13.0 Å². The van der Waals surface area contributed by atoms with Crippen LogP contribution in [0.3, 0.4) is 0 Å². The summed E-state index contributed by atoms with van der Waals surface area (Å²) in [6.07, 6.45) is 2.44. The summed E-state index contributed by atoms with van der Waals surface area (Å²) in [7, 11) is 0. The fourth-order valence-electron chi connectivity index (χ4n) is 3.86. The van der Waals surface area contributed by atoms with Crippen molar-refractivity contribution in [2.75, 3.05) is 13.2 Å². The molecule has 2 fully saturated rings. The molecule has 29 heavy (non-hydrogen) atoms. The van der Waals surface area contributed by atoms with Crippen LogP contribution in [0.15, 0.2) is 12.7 Å². The molecule has 2 heterocycles. The monoisotopic (exact) mass is 413 g/mol. The van der Waals surface area contributed by atoms with Gasteiger partial charge in [-0.2, -0.15) is 0 Å². The molecule has 0 saturated carbocycles. The minimum Gasteiger partial charge on any atom is -0.444 e. The highest BCUT2D eigenvalue weighted by molar-refractivity contribution is 5.69. The Kier molecular flexibility index (Phi) is 8.13. The van der Waals surface area contributed by atoms with Gasteiger partial charge in [-0.25, -0.2) is 4.79 Å². The van der Waals surface area contributed by atoms with Crippen molar-refractivity contribution >= 4 is 6.09 Å². The van der Waals surface area contributed by atoms with E-state index in [2.05, 4.69) is 13.5 Å². The smallest absolute Gasteiger partial charge is 0.412 e. The Hall–Kier alpha value is -1.15. The molecule has 7 heteroatoms. The quantitative estimate of drug-likeness (QED) is 0.484. The molecule has 2 saturated heterocycles. The first-order valence-corrected chi connectivity index (χ1v) is 10.7. The zero-order valence-corrected chi connectivity index (χ0v) is 18.8. The van der Waals surface area contributed by atoms with Gasteiger partial charge in [0.25, 0.3) is 0 Å². The van der Waals surface area contributed by atoms with Crippen LogP contribution in [0.25, 0.3) is 0 Å². The summed E-state index contributed by atoms with van der Waals surface area (Å²) >= 11 is 0. The van der Waals surface area contributed by atoms with E-state index in [1.54, 1.807) is 11.0 Å². The third-order valence-electron chi connectivity index (χ3n) is 5.24. The fraction of sp³-hybridized carbons (Fsp3) is 0.864. The SMILES string of the molecule is C=CC[C@@H]1O[C@H](C[C@H]2CN(C(=O)OC(C)(C)C)C(C)(C)O2)[C@H](OCCCC)[C@H]1O. The fourth-order valence-corrected chi connectivity index (χ4v) is 3.86. The largest absolute Gasteiger partial charge is 0.444 e. The molecule has 1 amide bonds. The summed E-state index contributed by atoms with van der Waals surface area (Å²) in [5, 5.41) is 10.7. The molecule has 0 aromatic carbocycles. The molecule has 1 N–H and O–H groups in total. The van der Waals surface area contributed by atoms with Crippen LogP contribution in [-0.4, -0.2) is 71.1 Å². The van der Waals surface area contributed by atoms with Gasteiger partial charge >= 0.3 is 6.09 Å². The molecule has 7 nitrogen and oxygen atoms in total. The van der Waals surface area contributed by atoms with Crippen LogP contribution in [-0.2, 0) is 18.9 Å². The van der Waals surface area contributed by atoms with Crippen LogP contribution in [0.2, 0.25) is 0 Å². The van der Waals surface area contributed by atoms with E-state index in [1.807, 2.05) is 34.6 Å². The summed E-state index contributed by atoms with van der Waals surface area (Å²) in [5.41, 5.74) is -1.34. The minimum atomic E-state index is -0.775. The van der Waals surface area contributed by atoms with E-state index in [-0.39, 0.29) is 18.3 Å². The van der Waals surface area contributed by atoms with E-state index >= 15 is 0 Å². The number of ether oxygens (including phenoxy) is 4. The van der Waals surface area contributed by atoms with E-state index in [4.69, 9.17) is 18.9 Å². The van der Waals surface area contributed by atoms with Crippen LogP contribution in [0, 0.1) is 0 Å². The molecule has 0 aliphatic carbocycles. The van der Waals surface area contributed by atoms with Crippen molar-refractivity contribution in [3.05, 3.63) is 12.7 Å². The highest BCUT2D eigenvalue weighted by Gasteiger charge is 2.49. The molecule has 2 rings (SSSR count). The number of nitrogens with zero attached hydrogens (tertiary/aromatic N) is 1. The van der Waals surface area contributed by atoms with Crippen molar-refractivity contribution < 1.29 is 28.8 Å². The molecular formula is C22H39NO6. The first kappa shape index (κ1) is 24.1. The third-order valence-corrected chi connectivity index (χ3v) is 5.24. The predicted molar refractivity (Wildman–Crippen MR) is 111 cm³/mol. The normalized spacial score (nSPS) is 31.8. The number of unbranched alkanes of at least 4 members (excludes halogenated alkanes) is 1. The number of aliphatic hydroxyl groups is 1. The molecule has 0 spiro atoms. The summed E-state index contributed by atoms with van der Waals surface area (Å²) in [4.78, 5) is 14.2. The van der Waals surface area contributed by atoms with Gasteiger partial charge in [0.1, 0.15) is 23.5 Å². The molecule has 0 radical (unpaired) electrons. The van der Waals surface area contributed by atoms with Gasteiger partial charge in [0.15, 0.2) is 0 Å². The summed E-state index contributed by atoms with van der Waals surface area (Å²) < 4.78 is 23.8. The average molecular weight is 414 g/mol. The number of aliphatic hydroxyl groups excluding tert-OH is 1. The maximum Gasteiger partial charge on any atom is 0.412 e. The number of carbonyl (C=O) groups is 1. The van der Waals surface area contributed by atoms with Crippen molar-refractivity contribution in [3.63, 3.8) is 0 Å². The molecular weight excluding hydrogens is 374 g/mol. The van der Waals surface area contributed by atoms with E-state index in [0.29, 0.717) is 26.0 Å². The molecule has 0 unspecified atom stereocenters. The number of carbonyl (C=O) groups excluding carboxylic acids is 1. The average Bonchev–Trinajstić information content (AvgIpc) is 3.04. The van der Waals surface area contributed by atoms with Crippen molar-refractivity contribution in [1.29, 1.82) is 0 Å². The molecule has 5 atom stereocenters. The van der Waals surface area contributed by atoms with E-state index in [9.17, 15) is 9.90 Å². The Balaban J connectivity index is 2.04. The van der Waals surface area contributed by atoms with Crippen molar-refractivity contribution in [2.24, 2.45) is 0 Å². The lowest BCUT2D eigenvalue weighted by Crippen LogP contribution is -2.46. The number of hydrogen-bond acceptors (Lipinski definition) is 6. The van der Waals surface area contributed by atoms with Crippen molar-refractivity contribution in [3.8, 4) is 0 Å².